The lowest BCUT2D eigenvalue weighted by molar-refractivity contribution is -0.150. The fraction of sp³-hybridized carbons (Fsp3) is 0.480. The molecule has 2 aliphatic rings. The van der Waals surface area contributed by atoms with Gasteiger partial charge in [-0.3, -0.25) is 4.79 Å². The number of carbonyl (C=O) groups is 2. The van der Waals surface area contributed by atoms with Crippen LogP contribution in [0.3, 0.4) is 0 Å². The molecule has 0 aromatic heterocycles. The van der Waals surface area contributed by atoms with E-state index in [0.29, 0.717) is 23.7 Å². The monoisotopic (exact) mass is 455 g/mol. The van der Waals surface area contributed by atoms with E-state index in [4.69, 9.17) is 9.73 Å². The SMILES string of the molecule is CC1=C(C(=O)OC(C)(C)C)C(c2ccc(C)cc2)N2C(CC(=O)NCC(C)C)=CSC2=N1. The first kappa shape index (κ1) is 24.1. The van der Waals surface area contributed by atoms with E-state index in [0.717, 1.165) is 22.0 Å². The van der Waals surface area contributed by atoms with Crippen molar-refractivity contribution in [1.82, 2.24) is 10.2 Å². The minimum atomic E-state index is -0.624. The largest absolute Gasteiger partial charge is 0.456 e. The maximum atomic E-state index is 13.3. The lowest BCUT2D eigenvalue weighted by Gasteiger charge is -2.37. The first-order valence-corrected chi connectivity index (χ1v) is 11.8. The molecule has 0 aliphatic carbocycles. The van der Waals surface area contributed by atoms with E-state index in [2.05, 4.69) is 19.2 Å². The minimum absolute atomic E-state index is 0.0421. The number of nitrogens with one attached hydrogen (secondary N) is 1. The molecule has 3 rings (SSSR count). The Balaban J connectivity index is 1.99. The first-order valence-electron chi connectivity index (χ1n) is 11.0. The number of amidine groups is 1. The second-order valence-corrected chi connectivity index (χ2v) is 10.5. The summed E-state index contributed by atoms with van der Waals surface area (Å²) in [6, 6.07) is 7.72. The van der Waals surface area contributed by atoms with Gasteiger partial charge in [0.25, 0.3) is 0 Å². The molecule has 1 amide bonds. The van der Waals surface area contributed by atoms with Gasteiger partial charge in [0.05, 0.1) is 23.7 Å². The number of aliphatic imine (C=N–C) groups is 1. The topological polar surface area (TPSA) is 71.0 Å². The molecule has 2 aliphatic heterocycles. The van der Waals surface area contributed by atoms with Gasteiger partial charge in [-0.05, 0) is 51.5 Å². The fourth-order valence-electron chi connectivity index (χ4n) is 3.57. The number of aryl methyl sites for hydroxylation is 1. The number of benzene rings is 1. The Hall–Kier alpha value is -2.54. The zero-order valence-electron chi connectivity index (χ0n) is 20.0. The van der Waals surface area contributed by atoms with Crippen LogP contribution in [-0.2, 0) is 14.3 Å². The van der Waals surface area contributed by atoms with Gasteiger partial charge in [0, 0.05) is 12.2 Å². The van der Waals surface area contributed by atoms with E-state index in [1.165, 1.54) is 11.8 Å². The summed E-state index contributed by atoms with van der Waals surface area (Å²) >= 11 is 1.48. The van der Waals surface area contributed by atoms with Crippen molar-refractivity contribution in [3.8, 4) is 0 Å². The number of amides is 1. The van der Waals surface area contributed by atoms with Gasteiger partial charge < -0.3 is 15.0 Å². The average Bonchev–Trinajstić information content (AvgIpc) is 3.06. The van der Waals surface area contributed by atoms with Crippen molar-refractivity contribution in [2.24, 2.45) is 10.9 Å². The summed E-state index contributed by atoms with van der Waals surface area (Å²) in [7, 11) is 0. The van der Waals surface area contributed by atoms with E-state index >= 15 is 0 Å². The molecule has 1 unspecified atom stereocenters. The minimum Gasteiger partial charge on any atom is -0.456 e. The number of rotatable bonds is 6. The van der Waals surface area contributed by atoms with Crippen molar-refractivity contribution in [2.45, 2.75) is 66.5 Å². The lowest BCUT2D eigenvalue weighted by atomic mass is 9.93. The molecule has 7 heteroatoms. The van der Waals surface area contributed by atoms with Crippen molar-refractivity contribution in [3.63, 3.8) is 0 Å². The van der Waals surface area contributed by atoms with Crippen LogP contribution in [0.4, 0.5) is 0 Å². The van der Waals surface area contributed by atoms with Gasteiger partial charge in [-0.25, -0.2) is 9.79 Å². The lowest BCUT2D eigenvalue weighted by Crippen LogP contribution is -2.39. The highest BCUT2D eigenvalue weighted by atomic mass is 32.2. The third kappa shape index (κ3) is 5.63. The molecule has 6 nitrogen and oxygen atoms in total. The molecule has 1 aromatic carbocycles. The molecule has 1 aromatic rings. The second kappa shape index (κ2) is 9.53. The van der Waals surface area contributed by atoms with Gasteiger partial charge in [-0.2, -0.15) is 0 Å². The molecular formula is C25H33N3O3S. The summed E-state index contributed by atoms with van der Waals surface area (Å²) in [6.45, 7) is 14.2. The highest BCUT2D eigenvalue weighted by Crippen LogP contribution is 2.45. The summed E-state index contributed by atoms with van der Waals surface area (Å²) in [4.78, 5) is 32.6. The molecule has 0 bridgehead atoms. The number of fused-ring (bicyclic) bond motifs is 1. The highest BCUT2D eigenvalue weighted by molar-refractivity contribution is 8.16. The van der Waals surface area contributed by atoms with Crippen molar-refractivity contribution in [1.29, 1.82) is 0 Å². The number of esters is 1. The number of thioether (sulfide) groups is 1. The van der Waals surface area contributed by atoms with E-state index in [9.17, 15) is 9.59 Å². The summed E-state index contributed by atoms with van der Waals surface area (Å²) in [5, 5.41) is 5.71. The number of hydrogen-bond acceptors (Lipinski definition) is 6. The van der Waals surface area contributed by atoms with Crippen LogP contribution in [0, 0.1) is 12.8 Å². The number of hydrogen-bond donors (Lipinski definition) is 1. The number of allylic oxidation sites excluding steroid dienone is 1. The van der Waals surface area contributed by atoms with Crippen molar-refractivity contribution < 1.29 is 14.3 Å². The predicted molar refractivity (Wildman–Crippen MR) is 130 cm³/mol. The van der Waals surface area contributed by atoms with Crippen molar-refractivity contribution >= 4 is 28.8 Å². The quantitative estimate of drug-likeness (QED) is 0.606. The Kier molecular flexibility index (Phi) is 7.18. The van der Waals surface area contributed by atoms with Crippen LogP contribution in [0.1, 0.15) is 65.1 Å². The molecule has 2 heterocycles. The van der Waals surface area contributed by atoms with Gasteiger partial charge in [-0.15, -0.1) is 0 Å². The second-order valence-electron chi connectivity index (χ2n) is 9.68. The Labute approximate surface area is 195 Å². The highest BCUT2D eigenvalue weighted by Gasteiger charge is 2.41. The van der Waals surface area contributed by atoms with Crippen LogP contribution < -0.4 is 5.32 Å². The normalized spacial score (nSPS) is 18.4. The maximum Gasteiger partial charge on any atom is 0.338 e. The third-order valence-corrected chi connectivity index (χ3v) is 5.95. The Morgan fingerprint density at radius 3 is 2.44 bits per heavy atom. The van der Waals surface area contributed by atoms with Crippen LogP contribution in [0.5, 0.6) is 0 Å². The molecule has 32 heavy (non-hydrogen) atoms. The van der Waals surface area contributed by atoms with Gasteiger partial charge in [0.15, 0.2) is 5.17 Å². The van der Waals surface area contributed by atoms with Crippen LogP contribution >= 0.6 is 11.8 Å². The molecule has 1 atom stereocenters. The van der Waals surface area contributed by atoms with Gasteiger partial charge in [-0.1, -0.05) is 55.4 Å². The summed E-state index contributed by atoms with van der Waals surface area (Å²) < 4.78 is 5.75. The molecule has 0 radical (unpaired) electrons. The fourth-order valence-corrected chi connectivity index (χ4v) is 4.54. The summed E-state index contributed by atoms with van der Waals surface area (Å²) in [5.41, 5.74) is 3.44. The van der Waals surface area contributed by atoms with Crippen LogP contribution in [0.25, 0.3) is 0 Å². The molecule has 0 spiro atoms. The van der Waals surface area contributed by atoms with E-state index in [1.54, 1.807) is 0 Å². The van der Waals surface area contributed by atoms with Crippen LogP contribution in [0.2, 0.25) is 0 Å². The Morgan fingerprint density at radius 2 is 1.84 bits per heavy atom. The van der Waals surface area contributed by atoms with Gasteiger partial charge >= 0.3 is 5.97 Å². The number of ether oxygens (including phenoxy) is 1. The molecule has 0 saturated carbocycles. The first-order chi connectivity index (χ1) is 15.0. The van der Waals surface area contributed by atoms with Crippen LogP contribution in [-0.4, -0.2) is 34.1 Å². The smallest absolute Gasteiger partial charge is 0.338 e. The Morgan fingerprint density at radius 1 is 1.19 bits per heavy atom. The van der Waals surface area contributed by atoms with Crippen molar-refractivity contribution in [2.75, 3.05) is 6.54 Å². The van der Waals surface area contributed by atoms with E-state index < -0.39 is 11.6 Å². The Bertz CT molecular complexity index is 985. The molecule has 172 valence electrons. The van der Waals surface area contributed by atoms with E-state index in [1.807, 2.05) is 69.2 Å². The summed E-state index contributed by atoms with van der Waals surface area (Å²) in [6.07, 6.45) is 0.224. The average molecular weight is 456 g/mol. The number of carbonyl (C=O) groups excluding carboxylic acids is 2. The zero-order chi connectivity index (χ0) is 23.6. The maximum absolute atomic E-state index is 13.3. The zero-order valence-corrected chi connectivity index (χ0v) is 20.8. The number of nitrogens with zero attached hydrogens (tertiary/aromatic N) is 2. The molecule has 0 saturated heterocycles. The molecular weight excluding hydrogens is 422 g/mol. The predicted octanol–water partition coefficient (Wildman–Crippen LogP) is 5.07. The van der Waals surface area contributed by atoms with Gasteiger partial charge in [0.1, 0.15) is 5.60 Å². The third-order valence-electron chi connectivity index (χ3n) is 5.06. The van der Waals surface area contributed by atoms with Crippen LogP contribution in [0.15, 0.2) is 51.6 Å². The molecule has 1 N–H and O–H groups in total. The van der Waals surface area contributed by atoms with E-state index in [-0.39, 0.29) is 18.3 Å². The van der Waals surface area contributed by atoms with Crippen molar-refractivity contribution in [3.05, 3.63) is 57.8 Å². The summed E-state index contributed by atoms with van der Waals surface area (Å²) in [5.74, 6) is -0.0499. The van der Waals surface area contributed by atoms with Gasteiger partial charge in [0.2, 0.25) is 5.91 Å². The standard InChI is InChI=1S/C25H33N3O3S/c1-15(2)13-26-20(29)12-19-14-32-24-27-17(4)21(23(30)31-25(5,6)7)22(28(19)24)18-10-8-16(3)9-11-18/h8-11,14-15,22H,12-13H2,1-7H3,(H,26,29). The molecule has 0 fully saturated rings.